The van der Waals surface area contributed by atoms with Crippen LogP contribution in [-0.4, -0.2) is 15.1 Å². The van der Waals surface area contributed by atoms with E-state index in [9.17, 15) is 0 Å². The van der Waals surface area contributed by atoms with Crippen LogP contribution in [0.4, 0.5) is 0 Å². The van der Waals surface area contributed by atoms with E-state index in [4.69, 9.17) is 16.1 Å². The fraction of sp³-hybridized carbons (Fsp3) is 0. The Morgan fingerprint density at radius 2 is 1.81 bits per heavy atom. The molecule has 0 unspecified atom stereocenters. The van der Waals surface area contributed by atoms with E-state index in [0.717, 1.165) is 22.0 Å². The second kappa shape index (κ2) is 4.75. The van der Waals surface area contributed by atoms with E-state index in [0.29, 0.717) is 16.7 Å². The molecule has 0 saturated heterocycles. The van der Waals surface area contributed by atoms with Crippen molar-refractivity contribution in [3.05, 3.63) is 59.8 Å². The molecular formula is C16H10ClN3O. The Kier molecular flexibility index (Phi) is 2.75. The third kappa shape index (κ3) is 2.10. The maximum absolute atomic E-state index is 5.88. The molecule has 0 saturated carbocycles. The Labute approximate surface area is 125 Å². The van der Waals surface area contributed by atoms with Crippen molar-refractivity contribution in [3.8, 4) is 22.8 Å². The Morgan fingerprint density at radius 3 is 2.67 bits per heavy atom. The molecule has 2 heterocycles. The highest BCUT2D eigenvalue weighted by atomic mass is 35.5. The predicted octanol–water partition coefficient (Wildman–Crippen LogP) is 4.54. The van der Waals surface area contributed by atoms with Crippen LogP contribution < -0.4 is 0 Å². The molecule has 0 aliphatic carbocycles. The molecule has 1 N–H and O–H groups in total. The number of hydrogen-bond donors (Lipinski definition) is 1. The summed E-state index contributed by atoms with van der Waals surface area (Å²) in [7, 11) is 0. The molecule has 4 rings (SSSR count). The first kappa shape index (κ1) is 12.2. The average Bonchev–Trinajstić information content (AvgIpc) is 3.14. The van der Waals surface area contributed by atoms with E-state index in [2.05, 4.69) is 15.1 Å². The molecule has 4 aromatic rings. The van der Waals surface area contributed by atoms with Gasteiger partial charge in [0.15, 0.2) is 0 Å². The Balaban J connectivity index is 1.79. The third-order valence-electron chi connectivity index (χ3n) is 3.35. The molecule has 0 aliphatic rings. The van der Waals surface area contributed by atoms with Gasteiger partial charge in [-0.05, 0) is 30.3 Å². The summed E-state index contributed by atoms with van der Waals surface area (Å²) in [5.41, 5.74) is 2.81. The van der Waals surface area contributed by atoms with Crippen molar-refractivity contribution in [2.75, 3.05) is 0 Å². The van der Waals surface area contributed by atoms with Crippen molar-refractivity contribution in [3.63, 3.8) is 0 Å². The van der Waals surface area contributed by atoms with Gasteiger partial charge in [0.1, 0.15) is 0 Å². The van der Waals surface area contributed by atoms with Gasteiger partial charge in [-0.25, -0.2) is 0 Å². The molecule has 102 valence electrons. The molecule has 4 nitrogen and oxygen atoms in total. The molecule has 21 heavy (non-hydrogen) atoms. The standard InChI is InChI=1S/C16H10ClN3O/c17-11-7-5-10(6-8-11)15-19-16(21-20-15)13-9-18-14-4-2-1-3-12(13)14/h1-9,18H. The van der Waals surface area contributed by atoms with Crippen LogP contribution in [-0.2, 0) is 0 Å². The fourth-order valence-corrected chi connectivity index (χ4v) is 2.42. The first-order valence-electron chi connectivity index (χ1n) is 6.47. The number of halogens is 1. The number of fused-ring (bicyclic) bond motifs is 1. The van der Waals surface area contributed by atoms with Crippen LogP contribution in [0.5, 0.6) is 0 Å². The minimum absolute atomic E-state index is 0.498. The quantitative estimate of drug-likeness (QED) is 0.591. The summed E-state index contributed by atoms with van der Waals surface area (Å²) in [5, 5.41) is 5.77. The SMILES string of the molecule is Clc1ccc(-c2noc(-c3c[nH]c4ccccc34)n2)cc1. The van der Waals surface area contributed by atoms with Crippen molar-refractivity contribution in [1.82, 2.24) is 15.1 Å². The number of H-pyrrole nitrogens is 1. The number of aromatic amines is 1. The summed E-state index contributed by atoms with van der Waals surface area (Å²) in [5.74, 6) is 1.05. The number of aromatic nitrogens is 3. The number of nitrogens with one attached hydrogen (secondary N) is 1. The van der Waals surface area contributed by atoms with Crippen molar-refractivity contribution in [2.45, 2.75) is 0 Å². The van der Waals surface area contributed by atoms with Crippen LogP contribution >= 0.6 is 11.6 Å². The van der Waals surface area contributed by atoms with Gasteiger partial charge in [-0.1, -0.05) is 35.0 Å². The zero-order valence-electron chi connectivity index (χ0n) is 10.9. The maximum atomic E-state index is 5.88. The monoisotopic (exact) mass is 295 g/mol. The Bertz CT molecular complexity index is 909. The van der Waals surface area contributed by atoms with E-state index < -0.39 is 0 Å². The number of rotatable bonds is 2. The summed E-state index contributed by atoms with van der Waals surface area (Å²) < 4.78 is 5.39. The number of nitrogens with zero attached hydrogens (tertiary/aromatic N) is 2. The summed E-state index contributed by atoms with van der Waals surface area (Å²) in [6.45, 7) is 0. The smallest absolute Gasteiger partial charge is 0.260 e. The van der Waals surface area contributed by atoms with Crippen LogP contribution in [0.25, 0.3) is 33.7 Å². The number of hydrogen-bond acceptors (Lipinski definition) is 3. The van der Waals surface area contributed by atoms with Crippen LogP contribution in [0.1, 0.15) is 0 Å². The molecule has 2 aromatic carbocycles. The van der Waals surface area contributed by atoms with E-state index in [-0.39, 0.29) is 0 Å². The third-order valence-corrected chi connectivity index (χ3v) is 3.60. The van der Waals surface area contributed by atoms with Gasteiger partial charge < -0.3 is 9.51 Å². The van der Waals surface area contributed by atoms with Crippen molar-refractivity contribution in [2.24, 2.45) is 0 Å². The van der Waals surface area contributed by atoms with Gasteiger partial charge in [0.25, 0.3) is 5.89 Å². The molecular weight excluding hydrogens is 286 g/mol. The maximum Gasteiger partial charge on any atom is 0.260 e. The topological polar surface area (TPSA) is 54.7 Å². The molecule has 0 spiro atoms. The first-order chi connectivity index (χ1) is 10.3. The Hall–Kier alpha value is -2.59. The average molecular weight is 296 g/mol. The fourth-order valence-electron chi connectivity index (χ4n) is 2.30. The van der Waals surface area contributed by atoms with Crippen LogP contribution in [0, 0.1) is 0 Å². The summed E-state index contributed by atoms with van der Waals surface area (Å²) in [4.78, 5) is 7.66. The highest BCUT2D eigenvalue weighted by molar-refractivity contribution is 6.30. The summed E-state index contributed by atoms with van der Waals surface area (Å²) in [6.07, 6.45) is 1.88. The van der Waals surface area contributed by atoms with E-state index >= 15 is 0 Å². The largest absolute Gasteiger partial charge is 0.360 e. The summed E-state index contributed by atoms with van der Waals surface area (Å²) >= 11 is 5.88. The normalized spacial score (nSPS) is 11.1. The lowest BCUT2D eigenvalue weighted by atomic mass is 10.2. The molecule has 0 bridgehead atoms. The van der Waals surface area contributed by atoms with E-state index in [1.165, 1.54) is 0 Å². The van der Waals surface area contributed by atoms with E-state index in [1.54, 1.807) is 12.1 Å². The van der Waals surface area contributed by atoms with Crippen molar-refractivity contribution < 1.29 is 4.52 Å². The van der Waals surface area contributed by atoms with Gasteiger partial charge >= 0.3 is 0 Å². The minimum atomic E-state index is 0.498. The molecule has 0 amide bonds. The van der Waals surface area contributed by atoms with Gasteiger partial charge in [-0.3, -0.25) is 0 Å². The highest BCUT2D eigenvalue weighted by Crippen LogP contribution is 2.29. The highest BCUT2D eigenvalue weighted by Gasteiger charge is 2.14. The van der Waals surface area contributed by atoms with Crippen molar-refractivity contribution in [1.29, 1.82) is 0 Å². The van der Waals surface area contributed by atoms with Crippen LogP contribution in [0.15, 0.2) is 59.3 Å². The molecule has 5 heteroatoms. The van der Waals surface area contributed by atoms with Gasteiger partial charge in [0, 0.05) is 27.7 Å². The zero-order valence-corrected chi connectivity index (χ0v) is 11.6. The molecule has 0 fully saturated rings. The predicted molar refractivity (Wildman–Crippen MR) is 82.0 cm³/mol. The second-order valence-corrected chi connectivity index (χ2v) is 5.11. The van der Waals surface area contributed by atoms with E-state index in [1.807, 2.05) is 42.6 Å². The van der Waals surface area contributed by atoms with Gasteiger partial charge in [-0.2, -0.15) is 4.98 Å². The van der Waals surface area contributed by atoms with Gasteiger partial charge in [-0.15, -0.1) is 0 Å². The summed E-state index contributed by atoms with van der Waals surface area (Å²) in [6, 6.07) is 15.3. The molecule has 0 aliphatic heterocycles. The number of para-hydroxylation sites is 1. The Morgan fingerprint density at radius 1 is 1.00 bits per heavy atom. The van der Waals surface area contributed by atoms with Gasteiger partial charge in [0.2, 0.25) is 5.82 Å². The lowest BCUT2D eigenvalue weighted by Gasteiger charge is -1.93. The first-order valence-corrected chi connectivity index (χ1v) is 6.85. The molecule has 0 atom stereocenters. The van der Waals surface area contributed by atoms with Crippen LogP contribution in [0.2, 0.25) is 5.02 Å². The lowest BCUT2D eigenvalue weighted by Crippen LogP contribution is -1.80. The second-order valence-electron chi connectivity index (χ2n) is 4.68. The number of benzene rings is 2. The zero-order chi connectivity index (χ0) is 14.2. The van der Waals surface area contributed by atoms with Crippen molar-refractivity contribution >= 4 is 22.5 Å². The minimum Gasteiger partial charge on any atom is -0.360 e. The van der Waals surface area contributed by atoms with Gasteiger partial charge in [0.05, 0.1) is 5.56 Å². The molecule has 0 radical (unpaired) electrons. The molecule has 2 aromatic heterocycles. The van der Waals surface area contributed by atoms with Crippen LogP contribution in [0.3, 0.4) is 0 Å². The lowest BCUT2D eigenvalue weighted by molar-refractivity contribution is 0.432.